The Balaban J connectivity index is 3.85. The van der Waals surface area contributed by atoms with Crippen molar-refractivity contribution in [1.29, 1.82) is 0 Å². The predicted molar refractivity (Wildman–Crippen MR) is 53.5 cm³/mol. The van der Waals surface area contributed by atoms with Gasteiger partial charge >= 0.3 is 5.97 Å². The summed E-state index contributed by atoms with van der Waals surface area (Å²) in [7, 11) is 1.33. The van der Waals surface area contributed by atoms with Gasteiger partial charge in [-0.2, -0.15) is 0 Å². The lowest BCUT2D eigenvalue weighted by molar-refractivity contribution is -0.145. The molecule has 3 nitrogen and oxygen atoms in total. The molecule has 0 aliphatic carbocycles. The molecule has 0 saturated carbocycles. The van der Waals surface area contributed by atoms with Crippen LogP contribution < -0.4 is 0 Å². The summed E-state index contributed by atoms with van der Waals surface area (Å²) in [6, 6.07) is 0. The summed E-state index contributed by atoms with van der Waals surface area (Å²) in [5.41, 5.74) is 0. The average Bonchev–Trinajstić information content (AvgIpc) is 2.01. The first-order valence-electron chi connectivity index (χ1n) is 4.24. The second kappa shape index (κ2) is 6.02. The summed E-state index contributed by atoms with van der Waals surface area (Å²) in [5.74, 6) is -0.651. The van der Waals surface area contributed by atoms with E-state index in [1.165, 1.54) is 18.9 Å². The Hall–Kier alpha value is -0.510. The lowest BCUT2D eigenvalue weighted by Crippen LogP contribution is -2.16. The fourth-order valence-corrected chi connectivity index (χ4v) is 1.72. The van der Waals surface area contributed by atoms with Gasteiger partial charge in [0.05, 0.1) is 13.0 Å². The second-order valence-electron chi connectivity index (χ2n) is 3.17. The molecule has 13 heavy (non-hydrogen) atoms. The normalized spacial score (nSPS) is 12.7. The van der Waals surface area contributed by atoms with Crippen LogP contribution in [-0.2, 0) is 14.3 Å². The summed E-state index contributed by atoms with van der Waals surface area (Å²) in [4.78, 5) is 22.2. The number of ether oxygens (including phenoxy) is 1. The third-order valence-electron chi connectivity index (χ3n) is 1.44. The smallest absolute Gasteiger partial charge is 0.308 e. The lowest BCUT2D eigenvalue weighted by Gasteiger charge is -2.08. The molecule has 0 aromatic carbocycles. The van der Waals surface area contributed by atoms with E-state index in [1.54, 1.807) is 6.92 Å². The maximum atomic E-state index is 11.2. The molecule has 1 atom stereocenters. The van der Waals surface area contributed by atoms with Crippen LogP contribution in [0.1, 0.15) is 27.2 Å². The largest absolute Gasteiger partial charge is 0.469 e. The third kappa shape index (κ3) is 5.69. The van der Waals surface area contributed by atoms with Gasteiger partial charge in [0.15, 0.2) is 5.12 Å². The van der Waals surface area contributed by atoms with Crippen LogP contribution in [0.2, 0.25) is 0 Å². The van der Waals surface area contributed by atoms with Gasteiger partial charge in [-0.3, -0.25) is 9.59 Å². The number of hydrogen-bond donors (Lipinski definition) is 0. The zero-order valence-electron chi connectivity index (χ0n) is 8.49. The van der Waals surface area contributed by atoms with Crippen LogP contribution in [0.25, 0.3) is 0 Å². The summed E-state index contributed by atoms with van der Waals surface area (Å²) < 4.78 is 4.52. The molecule has 0 N–H and O–H groups in total. The SMILES string of the molecule is COC(=O)C(C)CC(=O)SC(C)C. The highest BCUT2D eigenvalue weighted by molar-refractivity contribution is 8.14. The van der Waals surface area contributed by atoms with Crippen molar-refractivity contribution in [1.82, 2.24) is 0 Å². The van der Waals surface area contributed by atoms with Crippen molar-refractivity contribution < 1.29 is 14.3 Å². The summed E-state index contributed by atoms with van der Waals surface area (Å²) >= 11 is 1.26. The first-order chi connectivity index (χ1) is 5.97. The quantitative estimate of drug-likeness (QED) is 0.655. The van der Waals surface area contributed by atoms with E-state index in [1.807, 2.05) is 13.8 Å². The van der Waals surface area contributed by atoms with E-state index in [0.29, 0.717) is 0 Å². The zero-order chi connectivity index (χ0) is 10.4. The Morgan fingerprint density at radius 2 is 1.85 bits per heavy atom. The monoisotopic (exact) mass is 204 g/mol. The van der Waals surface area contributed by atoms with Crippen molar-refractivity contribution in [2.24, 2.45) is 5.92 Å². The van der Waals surface area contributed by atoms with Crippen molar-refractivity contribution in [3.05, 3.63) is 0 Å². The van der Waals surface area contributed by atoms with Crippen molar-refractivity contribution in [2.75, 3.05) is 7.11 Å². The van der Waals surface area contributed by atoms with Crippen LogP contribution >= 0.6 is 11.8 Å². The van der Waals surface area contributed by atoms with Gasteiger partial charge in [0, 0.05) is 11.7 Å². The van der Waals surface area contributed by atoms with Crippen molar-refractivity contribution in [2.45, 2.75) is 32.4 Å². The standard InChI is InChI=1S/C9H16O3S/c1-6(2)13-8(10)5-7(3)9(11)12-4/h6-7H,5H2,1-4H3. The van der Waals surface area contributed by atoms with Crippen LogP contribution in [0.15, 0.2) is 0 Å². The highest BCUT2D eigenvalue weighted by atomic mass is 32.2. The Labute approximate surface area is 83.2 Å². The predicted octanol–water partition coefficient (Wildman–Crippen LogP) is 1.85. The second-order valence-corrected chi connectivity index (χ2v) is 4.80. The van der Waals surface area contributed by atoms with Gasteiger partial charge < -0.3 is 4.74 Å². The minimum Gasteiger partial charge on any atom is -0.469 e. The van der Waals surface area contributed by atoms with E-state index >= 15 is 0 Å². The molecule has 0 fully saturated rings. The van der Waals surface area contributed by atoms with E-state index in [2.05, 4.69) is 4.74 Å². The zero-order valence-corrected chi connectivity index (χ0v) is 9.31. The molecule has 0 spiro atoms. The van der Waals surface area contributed by atoms with Crippen molar-refractivity contribution >= 4 is 22.8 Å². The van der Waals surface area contributed by atoms with Crippen LogP contribution in [0.5, 0.6) is 0 Å². The van der Waals surface area contributed by atoms with E-state index in [9.17, 15) is 9.59 Å². The molecule has 0 aliphatic heterocycles. The minimum absolute atomic E-state index is 0.0490. The summed E-state index contributed by atoms with van der Waals surface area (Å²) in [6.45, 7) is 5.60. The number of carbonyl (C=O) groups is 2. The molecule has 0 rings (SSSR count). The molecule has 0 aliphatic rings. The van der Waals surface area contributed by atoms with Gasteiger partial charge in [0.25, 0.3) is 0 Å². The molecule has 0 aromatic rings. The minimum atomic E-state index is -0.330. The highest BCUT2D eigenvalue weighted by Gasteiger charge is 2.18. The van der Waals surface area contributed by atoms with Crippen LogP contribution in [-0.4, -0.2) is 23.4 Å². The molecule has 0 amide bonds. The molecular formula is C9H16O3S. The van der Waals surface area contributed by atoms with Gasteiger partial charge in [0.1, 0.15) is 0 Å². The molecule has 76 valence electrons. The van der Waals surface area contributed by atoms with Crippen molar-refractivity contribution in [3.8, 4) is 0 Å². The first kappa shape index (κ1) is 12.5. The number of rotatable bonds is 4. The number of carbonyl (C=O) groups excluding carboxylic acids is 2. The molecule has 0 heterocycles. The fraction of sp³-hybridized carbons (Fsp3) is 0.778. The molecule has 1 unspecified atom stereocenters. The van der Waals surface area contributed by atoms with Gasteiger partial charge in [-0.05, 0) is 0 Å². The molecular weight excluding hydrogens is 188 g/mol. The van der Waals surface area contributed by atoms with Gasteiger partial charge in [0.2, 0.25) is 0 Å². The third-order valence-corrected chi connectivity index (χ3v) is 2.34. The number of thioether (sulfide) groups is 1. The first-order valence-corrected chi connectivity index (χ1v) is 5.12. The average molecular weight is 204 g/mol. The number of hydrogen-bond acceptors (Lipinski definition) is 4. The fourth-order valence-electron chi connectivity index (χ4n) is 0.846. The maximum absolute atomic E-state index is 11.2. The number of methoxy groups -OCH3 is 1. The molecule has 0 radical (unpaired) electrons. The van der Waals surface area contributed by atoms with E-state index in [4.69, 9.17) is 0 Å². The number of esters is 1. The molecule has 4 heteroatoms. The Morgan fingerprint density at radius 1 is 1.31 bits per heavy atom. The Morgan fingerprint density at radius 3 is 2.23 bits per heavy atom. The lowest BCUT2D eigenvalue weighted by atomic mass is 10.1. The van der Waals surface area contributed by atoms with Crippen molar-refractivity contribution in [3.63, 3.8) is 0 Å². The van der Waals surface area contributed by atoms with Crippen LogP contribution in [0.4, 0.5) is 0 Å². The Bertz CT molecular complexity index is 189. The molecule has 0 bridgehead atoms. The maximum Gasteiger partial charge on any atom is 0.308 e. The summed E-state index contributed by atoms with van der Waals surface area (Å²) in [6.07, 6.45) is 0.259. The van der Waals surface area contributed by atoms with Crippen LogP contribution in [0, 0.1) is 5.92 Å². The van der Waals surface area contributed by atoms with Gasteiger partial charge in [-0.25, -0.2) is 0 Å². The van der Waals surface area contributed by atoms with E-state index in [0.717, 1.165) is 0 Å². The Kier molecular flexibility index (Phi) is 5.79. The summed E-state index contributed by atoms with van der Waals surface area (Å²) in [5, 5.41) is 0.324. The topological polar surface area (TPSA) is 43.4 Å². The van der Waals surface area contributed by atoms with Gasteiger partial charge in [-0.1, -0.05) is 32.5 Å². The van der Waals surface area contributed by atoms with Gasteiger partial charge in [-0.15, -0.1) is 0 Å². The van der Waals surface area contributed by atoms with E-state index < -0.39 is 0 Å². The molecule has 0 saturated heterocycles. The van der Waals surface area contributed by atoms with E-state index in [-0.39, 0.29) is 28.7 Å². The molecule has 0 aromatic heterocycles. The van der Waals surface area contributed by atoms with Crippen LogP contribution in [0.3, 0.4) is 0 Å². The highest BCUT2D eigenvalue weighted by Crippen LogP contribution is 2.16.